The molecular weight excluding hydrogens is 214 g/mol. The van der Waals surface area contributed by atoms with E-state index >= 15 is 0 Å². The van der Waals surface area contributed by atoms with Gasteiger partial charge in [-0.25, -0.2) is 14.8 Å². The zero-order chi connectivity index (χ0) is 11.5. The van der Waals surface area contributed by atoms with Gasteiger partial charge in [-0.1, -0.05) is 0 Å². The third-order valence-corrected chi connectivity index (χ3v) is 2.24. The summed E-state index contributed by atoms with van der Waals surface area (Å²) in [5.74, 6) is -0.942. The normalized spacial score (nSPS) is 24.3. The van der Waals surface area contributed by atoms with Crippen LogP contribution >= 0.6 is 0 Å². The van der Waals surface area contributed by atoms with Crippen LogP contribution in [0, 0.1) is 0 Å². The Morgan fingerprint density at radius 3 is 3.00 bits per heavy atom. The van der Waals surface area contributed by atoms with E-state index in [9.17, 15) is 9.90 Å². The van der Waals surface area contributed by atoms with E-state index in [1.54, 1.807) is 0 Å². The van der Waals surface area contributed by atoms with Crippen molar-refractivity contribution >= 4 is 11.9 Å². The number of aliphatic hydroxyl groups excluding tert-OH is 1. The van der Waals surface area contributed by atoms with Crippen molar-refractivity contribution in [2.45, 2.75) is 12.1 Å². The smallest absolute Gasteiger partial charge is 0.354 e. The quantitative estimate of drug-likeness (QED) is 0.627. The minimum absolute atomic E-state index is 0.0918. The predicted molar refractivity (Wildman–Crippen MR) is 53.2 cm³/mol. The second kappa shape index (κ2) is 4.42. The van der Waals surface area contributed by atoms with Crippen molar-refractivity contribution in [2.24, 2.45) is 0 Å². The number of hydrogen-bond acceptors (Lipinski definition) is 6. The fraction of sp³-hybridized carbons (Fsp3) is 0.444. The average Bonchev–Trinajstić information content (AvgIpc) is 2.65. The minimum Gasteiger partial charge on any atom is -0.477 e. The van der Waals surface area contributed by atoms with Crippen molar-refractivity contribution in [2.75, 3.05) is 18.5 Å². The summed E-state index contributed by atoms with van der Waals surface area (Å²) in [6.07, 6.45) is 0.720. The highest BCUT2D eigenvalue weighted by Crippen LogP contribution is 2.10. The Bertz CT molecular complexity index is 398. The standard InChI is InChI=1S/C9H11N3O4/c13-7-4-16-3-6(7)12-9-10-2-1-5(11-9)8(14)15/h1-2,6-7,13H,3-4H2,(H,14,15)(H,10,11,12)/t6-,7-/m0/s1. The van der Waals surface area contributed by atoms with Crippen molar-refractivity contribution < 1.29 is 19.7 Å². The van der Waals surface area contributed by atoms with Gasteiger partial charge in [0.15, 0.2) is 5.69 Å². The first-order valence-electron chi connectivity index (χ1n) is 4.75. The number of hydrogen-bond donors (Lipinski definition) is 3. The van der Waals surface area contributed by atoms with E-state index in [1.165, 1.54) is 12.3 Å². The molecule has 16 heavy (non-hydrogen) atoms. The van der Waals surface area contributed by atoms with Crippen LogP contribution in [0.3, 0.4) is 0 Å². The van der Waals surface area contributed by atoms with Crippen LogP contribution in [0.1, 0.15) is 10.5 Å². The van der Waals surface area contributed by atoms with E-state index in [1.807, 2.05) is 0 Å². The van der Waals surface area contributed by atoms with Crippen LogP contribution in [-0.4, -0.2) is 51.5 Å². The Balaban J connectivity index is 2.09. The highest BCUT2D eigenvalue weighted by molar-refractivity contribution is 5.85. The summed E-state index contributed by atoms with van der Waals surface area (Å²) >= 11 is 0. The molecule has 0 radical (unpaired) electrons. The molecule has 0 amide bonds. The summed E-state index contributed by atoms with van der Waals surface area (Å²) in [5.41, 5.74) is -0.0918. The molecule has 2 heterocycles. The van der Waals surface area contributed by atoms with Gasteiger partial charge in [-0.15, -0.1) is 0 Å². The van der Waals surface area contributed by atoms with Gasteiger partial charge in [0, 0.05) is 6.20 Å². The van der Waals surface area contributed by atoms with Gasteiger partial charge in [-0.3, -0.25) is 0 Å². The van der Waals surface area contributed by atoms with Gasteiger partial charge in [-0.2, -0.15) is 0 Å². The maximum absolute atomic E-state index is 10.7. The molecule has 0 aromatic carbocycles. The van der Waals surface area contributed by atoms with Crippen LogP contribution < -0.4 is 5.32 Å². The first kappa shape index (κ1) is 10.8. The fourth-order valence-corrected chi connectivity index (χ4v) is 1.39. The molecule has 1 aromatic rings. The van der Waals surface area contributed by atoms with Gasteiger partial charge >= 0.3 is 5.97 Å². The van der Waals surface area contributed by atoms with Crippen LogP contribution in [0.4, 0.5) is 5.95 Å². The van der Waals surface area contributed by atoms with Gasteiger partial charge in [0.1, 0.15) is 0 Å². The molecule has 0 saturated carbocycles. The number of aromatic nitrogens is 2. The molecule has 0 spiro atoms. The van der Waals surface area contributed by atoms with Gasteiger partial charge < -0.3 is 20.3 Å². The lowest BCUT2D eigenvalue weighted by Gasteiger charge is -2.14. The topological polar surface area (TPSA) is 105 Å². The summed E-state index contributed by atoms with van der Waals surface area (Å²) in [6, 6.07) is 0.999. The molecule has 3 N–H and O–H groups in total. The molecule has 1 aliphatic heterocycles. The zero-order valence-corrected chi connectivity index (χ0v) is 8.33. The molecular formula is C9H11N3O4. The van der Waals surface area contributed by atoms with Gasteiger partial charge in [0.2, 0.25) is 5.95 Å². The van der Waals surface area contributed by atoms with Crippen LogP contribution in [0.25, 0.3) is 0 Å². The average molecular weight is 225 g/mol. The Morgan fingerprint density at radius 2 is 2.38 bits per heavy atom. The Morgan fingerprint density at radius 1 is 1.56 bits per heavy atom. The number of rotatable bonds is 3. The molecule has 1 aliphatic rings. The molecule has 2 atom stereocenters. The number of nitrogens with zero attached hydrogens (tertiary/aromatic N) is 2. The number of aromatic carboxylic acids is 1. The number of aliphatic hydroxyl groups is 1. The number of nitrogens with one attached hydrogen (secondary N) is 1. The van der Waals surface area contributed by atoms with Crippen molar-refractivity contribution in [1.29, 1.82) is 0 Å². The largest absolute Gasteiger partial charge is 0.477 e. The Kier molecular flexibility index (Phi) is 2.97. The lowest BCUT2D eigenvalue weighted by atomic mass is 10.2. The number of carboxylic acid groups (broad SMARTS) is 1. The second-order valence-corrected chi connectivity index (χ2v) is 3.43. The van der Waals surface area contributed by atoms with E-state index in [0.29, 0.717) is 6.61 Å². The summed E-state index contributed by atoms with van der Waals surface area (Å²) in [4.78, 5) is 18.3. The monoisotopic (exact) mass is 225 g/mol. The molecule has 0 bridgehead atoms. The molecule has 1 aromatic heterocycles. The van der Waals surface area contributed by atoms with E-state index in [2.05, 4.69) is 15.3 Å². The molecule has 1 fully saturated rings. The van der Waals surface area contributed by atoms with Crippen LogP contribution in [0.5, 0.6) is 0 Å². The van der Waals surface area contributed by atoms with E-state index < -0.39 is 12.1 Å². The van der Waals surface area contributed by atoms with Crippen LogP contribution in [0.2, 0.25) is 0 Å². The SMILES string of the molecule is O=C(O)c1ccnc(N[C@H]2COC[C@@H]2O)n1. The second-order valence-electron chi connectivity index (χ2n) is 3.43. The fourth-order valence-electron chi connectivity index (χ4n) is 1.39. The lowest BCUT2D eigenvalue weighted by Crippen LogP contribution is -2.32. The summed E-state index contributed by atoms with van der Waals surface area (Å²) < 4.78 is 5.03. The van der Waals surface area contributed by atoms with Gasteiger partial charge in [-0.05, 0) is 6.07 Å². The van der Waals surface area contributed by atoms with Crippen molar-refractivity contribution in [3.05, 3.63) is 18.0 Å². The molecule has 7 heteroatoms. The van der Waals surface area contributed by atoms with E-state index in [0.717, 1.165) is 0 Å². The highest BCUT2D eigenvalue weighted by Gasteiger charge is 2.26. The number of ether oxygens (including phenoxy) is 1. The minimum atomic E-state index is -1.12. The van der Waals surface area contributed by atoms with E-state index in [4.69, 9.17) is 9.84 Å². The van der Waals surface area contributed by atoms with Crippen molar-refractivity contribution in [3.8, 4) is 0 Å². The molecule has 0 aliphatic carbocycles. The van der Waals surface area contributed by atoms with Gasteiger partial charge in [0.05, 0.1) is 25.4 Å². The van der Waals surface area contributed by atoms with E-state index in [-0.39, 0.29) is 24.3 Å². The van der Waals surface area contributed by atoms with Crippen molar-refractivity contribution in [1.82, 2.24) is 9.97 Å². The summed E-state index contributed by atoms with van der Waals surface area (Å²) in [5, 5.41) is 21.0. The zero-order valence-electron chi connectivity index (χ0n) is 8.33. The van der Waals surface area contributed by atoms with Crippen LogP contribution in [0.15, 0.2) is 12.3 Å². The molecule has 7 nitrogen and oxygen atoms in total. The molecule has 86 valence electrons. The molecule has 0 unspecified atom stereocenters. The first-order valence-corrected chi connectivity index (χ1v) is 4.75. The summed E-state index contributed by atoms with van der Waals surface area (Å²) in [6.45, 7) is 0.609. The summed E-state index contributed by atoms with van der Waals surface area (Å²) in [7, 11) is 0. The first-order chi connectivity index (χ1) is 7.66. The predicted octanol–water partition coefficient (Wildman–Crippen LogP) is -0.654. The molecule has 2 rings (SSSR count). The lowest BCUT2D eigenvalue weighted by molar-refractivity contribution is 0.0690. The Hall–Kier alpha value is -1.73. The highest BCUT2D eigenvalue weighted by atomic mass is 16.5. The van der Waals surface area contributed by atoms with Crippen molar-refractivity contribution in [3.63, 3.8) is 0 Å². The number of anilines is 1. The number of carboxylic acids is 1. The van der Waals surface area contributed by atoms with Crippen LogP contribution in [-0.2, 0) is 4.74 Å². The molecule has 1 saturated heterocycles. The Labute approximate surface area is 91.1 Å². The maximum atomic E-state index is 10.7. The maximum Gasteiger partial charge on any atom is 0.354 e. The third-order valence-electron chi connectivity index (χ3n) is 2.24. The third kappa shape index (κ3) is 2.26. The number of carbonyl (C=O) groups is 1. The van der Waals surface area contributed by atoms with Gasteiger partial charge in [0.25, 0.3) is 0 Å².